The van der Waals surface area contributed by atoms with E-state index >= 15 is 0 Å². The Hall–Kier alpha value is -1.10. The van der Waals surface area contributed by atoms with Crippen LogP contribution in [0.25, 0.3) is 0 Å². The van der Waals surface area contributed by atoms with E-state index in [1.807, 2.05) is 4.90 Å². The Morgan fingerprint density at radius 2 is 1.54 bits per heavy atom. The molecule has 5 nitrogen and oxygen atoms in total. The van der Waals surface area contributed by atoms with E-state index < -0.39 is 0 Å². The second-order valence-corrected chi connectivity index (χ2v) is 10.6. The van der Waals surface area contributed by atoms with Crippen molar-refractivity contribution >= 4 is 11.8 Å². The highest BCUT2D eigenvalue weighted by molar-refractivity contribution is 5.82. The van der Waals surface area contributed by atoms with Crippen molar-refractivity contribution in [2.24, 2.45) is 29.6 Å². The lowest BCUT2D eigenvalue weighted by atomic mass is 9.54. The van der Waals surface area contributed by atoms with Crippen molar-refractivity contribution in [3.63, 3.8) is 0 Å². The van der Waals surface area contributed by atoms with E-state index in [4.69, 9.17) is 0 Å². The number of carbonyl (C=O) groups is 2. The van der Waals surface area contributed by atoms with Gasteiger partial charge in [0.15, 0.2) is 0 Å². The normalized spacial score (nSPS) is 40.8. The lowest BCUT2D eigenvalue weighted by Gasteiger charge is -2.54. The molecule has 4 aliphatic carbocycles. The molecule has 6 rings (SSSR count). The summed E-state index contributed by atoms with van der Waals surface area (Å²) in [6.45, 7) is 5.54. The van der Waals surface area contributed by atoms with Crippen molar-refractivity contribution in [2.75, 3.05) is 26.2 Å². The second-order valence-electron chi connectivity index (χ2n) is 10.6. The van der Waals surface area contributed by atoms with E-state index in [0.29, 0.717) is 17.9 Å². The second kappa shape index (κ2) is 7.62. The molecule has 2 heterocycles. The lowest BCUT2D eigenvalue weighted by molar-refractivity contribution is -0.130. The molecule has 2 aliphatic heterocycles. The molecule has 2 saturated heterocycles. The Bertz CT molecular complexity index is 585. The SMILES string of the molecule is CC(=O)N1CCC(CN2CCC[C@H]2C(=O)NC2C3CC4CC(C3)CC2C4)CC1. The van der Waals surface area contributed by atoms with E-state index in [9.17, 15) is 9.59 Å². The molecule has 6 fully saturated rings. The van der Waals surface area contributed by atoms with E-state index in [0.717, 1.165) is 75.5 Å². The highest BCUT2D eigenvalue weighted by atomic mass is 16.2. The van der Waals surface area contributed by atoms with Crippen molar-refractivity contribution in [2.45, 2.75) is 76.8 Å². The maximum absolute atomic E-state index is 13.2. The first-order valence-electron chi connectivity index (χ1n) is 11.9. The molecule has 6 aliphatic rings. The molecule has 4 saturated carbocycles. The molecule has 1 N–H and O–H groups in total. The van der Waals surface area contributed by atoms with Crippen LogP contribution in [0.1, 0.15) is 64.7 Å². The summed E-state index contributed by atoms with van der Waals surface area (Å²) < 4.78 is 0. The fourth-order valence-electron chi connectivity index (χ4n) is 7.52. The van der Waals surface area contributed by atoms with Gasteiger partial charge in [-0.15, -0.1) is 0 Å². The highest BCUT2D eigenvalue weighted by Gasteiger charge is 2.49. The van der Waals surface area contributed by atoms with Crippen LogP contribution in [-0.4, -0.2) is 59.9 Å². The van der Waals surface area contributed by atoms with Crippen LogP contribution >= 0.6 is 0 Å². The maximum atomic E-state index is 13.2. The van der Waals surface area contributed by atoms with E-state index in [2.05, 4.69) is 10.2 Å². The quantitative estimate of drug-likeness (QED) is 0.807. The molecule has 4 bridgehead atoms. The number of nitrogens with one attached hydrogen (secondary N) is 1. The number of amides is 2. The minimum absolute atomic E-state index is 0.0861. The fraction of sp³-hybridized carbons (Fsp3) is 0.913. The predicted octanol–water partition coefficient (Wildman–Crippen LogP) is 2.65. The first kappa shape index (κ1) is 18.9. The van der Waals surface area contributed by atoms with Crippen LogP contribution in [0, 0.1) is 29.6 Å². The summed E-state index contributed by atoms with van der Waals surface area (Å²) in [5.74, 6) is 4.57. The van der Waals surface area contributed by atoms with Crippen LogP contribution in [0.15, 0.2) is 0 Å². The smallest absolute Gasteiger partial charge is 0.237 e. The van der Waals surface area contributed by atoms with E-state index in [1.165, 1.54) is 32.1 Å². The number of hydrogen-bond acceptors (Lipinski definition) is 3. The topological polar surface area (TPSA) is 52.7 Å². The van der Waals surface area contributed by atoms with Gasteiger partial charge in [-0.3, -0.25) is 14.5 Å². The first-order valence-corrected chi connectivity index (χ1v) is 11.9. The van der Waals surface area contributed by atoms with Crippen LogP contribution in [0.4, 0.5) is 0 Å². The molecule has 0 unspecified atom stereocenters. The van der Waals surface area contributed by atoms with E-state index in [-0.39, 0.29) is 11.9 Å². The van der Waals surface area contributed by atoms with Crippen LogP contribution in [0.3, 0.4) is 0 Å². The zero-order valence-corrected chi connectivity index (χ0v) is 17.4. The van der Waals surface area contributed by atoms with Gasteiger partial charge >= 0.3 is 0 Å². The fourth-order valence-corrected chi connectivity index (χ4v) is 7.52. The Labute approximate surface area is 169 Å². The first-order chi connectivity index (χ1) is 13.6. The van der Waals surface area contributed by atoms with Gasteiger partial charge in [-0.25, -0.2) is 0 Å². The summed E-state index contributed by atoms with van der Waals surface area (Å²) in [5, 5.41) is 3.56. The molecule has 1 atom stereocenters. The van der Waals surface area contributed by atoms with Crippen LogP contribution in [0.2, 0.25) is 0 Å². The minimum atomic E-state index is 0.0861. The minimum Gasteiger partial charge on any atom is -0.351 e. The summed E-state index contributed by atoms with van der Waals surface area (Å²) in [6.07, 6.45) is 11.2. The lowest BCUT2D eigenvalue weighted by Crippen LogP contribution is -2.58. The van der Waals surface area contributed by atoms with Crippen molar-refractivity contribution < 1.29 is 9.59 Å². The third-order valence-electron chi connectivity index (χ3n) is 8.75. The standard InChI is InChI=1S/C23H37N3O2/c1-15(27)25-7-4-16(5-8-25)14-26-6-2-3-21(26)23(28)24-22-19-10-17-9-18(12-19)13-20(22)11-17/h16-22H,2-14H2,1H3,(H,24,28)/t17?,18?,19?,20?,21-,22?/m0/s1. The number of likely N-dealkylation sites (tertiary alicyclic amines) is 2. The summed E-state index contributed by atoms with van der Waals surface area (Å²) >= 11 is 0. The molecule has 0 radical (unpaired) electrons. The van der Waals surface area contributed by atoms with Gasteiger partial charge in [0.1, 0.15) is 0 Å². The van der Waals surface area contributed by atoms with Crippen LogP contribution in [-0.2, 0) is 9.59 Å². The van der Waals surface area contributed by atoms with Gasteiger partial charge in [0, 0.05) is 32.6 Å². The van der Waals surface area contributed by atoms with Crippen LogP contribution < -0.4 is 5.32 Å². The summed E-state index contributed by atoms with van der Waals surface area (Å²) in [4.78, 5) is 29.2. The van der Waals surface area contributed by atoms with Crippen LogP contribution in [0.5, 0.6) is 0 Å². The maximum Gasteiger partial charge on any atom is 0.237 e. The van der Waals surface area contributed by atoms with Crippen molar-refractivity contribution in [1.29, 1.82) is 0 Å². The third kappa shape index (κ3) is 3.59. The Kier molecular flexibility index (Phi) is 5.14. The summed E-state index contributed by atoms with van der Waals surface area (Å²) in [6, 6.07) is 0.546. The summed E-state index contributed by atoms with van der Waals surface area (Å²) in [7, 11) is 0. The van der Waals surface area contributed by atoms with Gasteiger partial charge in [0.25, 0.3) is 0 Å². The monoisotopic (exact) mass is 387 g/mol. The molecule has 28 heavy (non-hydrogen) atoms. The Morgan fingerprint density at radius 1 is 0.893 bits per heavy atom. The van der Waals surface area contributed by atoms with Crippen molar-refractivity contribution in [3.8, 4) is 0 Å². The van der Waals surface area contributed by atoms with Gasteiger partial charge in [-0.2, -0.15) is 0 Å². The molecule has 0 aromatic rings. The molecular weight excluding hydrogens is 350 g/mol. The molecule has 156 valence electrons. The van der Waals surface area contributed by atoms with E-state index in [1.54, 1.807) is 6.92 Å². The highest BCUT2D eigenvalue weighted by Crippen LogP contribution is 2.53. The molecule has 0 aromatic carbocycles. The molecule has 0 aromatic heterocycles. The van der Waals surface area contributed by atoms with Gasteiger partial charge < -0.3 is 10.2 Å². The number of nitrogens with zero attached hydrogens (tertiary/aromatic N) is 2. The van der Waals surface area contributed by atoms with Gasteiger partial charge in [-0.05, 0) is 93.9 Å². The molecular formula is C23H37N3O2. The average molecular weight is 388 g/mol. The Morgan fingerprint density at radius 3 is 2.14 bits per heavy atom. The molecule has 5 heteroatoms. The third-order valence-corrected chi connectivity index (χ3v) is 8.75. The summed E-state index contributed by atoms with van der Waals surface area (Å²) in [5.41, 5.74) is 0. The number of piperidine rings is 1. The average Bonchev–Trinajstić information content (AvgIpc) is 3.12. The number of hydrogen-bond donors (Lipinski definition) is 1. The molecule has 2 amide bonds. The largest absolute Gasteiger partial charge is 0.351 e. The van der Waals surface area contributed by atoms with Gasteiger partial charge in [0.2, 0.25) is 11.8 Å². The van der Waals surface area contributed by atoms with Crippen molar-refractivity contribution in [1.82, 2.24) is 15.1 Å². The zero-order chi connectivity index (χ0) is 19.3. The number of carbonyl (C=O) groups excluding carboxylic acids is 2. The van der Waals surface area contributed by atoms with Gasteiger partial charge in [0.05, 0.1) is 6.04 Å². The molecule has 0 spiro atoms. The van der Waals surface area contributed by atoms with Crippen molar-refractivity contribution in [3.05, 3.63) is 0 Å². The zero-order valence-electron chi connectivity index (χ0n) is 17.4. The predicted molar refractivity (Wildman–Crippen MR) is 109 cm³/mol. The Balaban J connectivity index is 1.16. The van der Waals surface area contributed by atoms with Gasteiger partial charge in [-0.1, -0.05) is 0 Å². The number of rotatable bonds is 4.